The number of aromatic nitrogens is 3. The average molecular weight is 259 g/mol. The average Bonchev–Trinajstić information content (AvgIpc) is 2.96. The summed E-state index contributed by atoms with van der Waals surface area (Å²) >= 11 is 0. The molecule has 0 aromatic carbocycles. The first-order chi connectivity index (χ1) is 9.33. The predicted octanol–water partition coefficient (Wildman–Crippen LogP) is 2.48. The molecule has 0 radical (unpaired) electrons. The minimum Gasteiger partial charge on any atom is -0.423 e. The monoisotopic (exact) mass is 259 g/mol. The Kier molecular flexibility index (Phi) is 3.44. The van der Waals surface area contributed by atoms with Crippen LogP contribution in [0.25, 0.3) is 11.5 Å². The standard InChI is InChI=1S/C14H17N3O2/c18-13-7-6-12(14-16-15-10-19-14)9-17(13)8-11-4-2-1-3-5-11/h6-7,9-11H,1-5,8H2. The van der Waals surface area contributed by atoms with E-state index >= 15 is 0 Å². The van der Waals surface area contributed by atoms with Crippen LogP contribution in [-0.2, 0) is 6.54 Å². The molecule has 2 heterocycles. The maximum atomic E-state index is 11.9. The second kappa shape index (κ2) is 5.38. The molecule has 19 heavy (non-hydrogen) atoms. The summed E-state index contributed by atoms with van der Waals surface area (Å²) in [6.07, 6.45) is 9.45. The summed E-state index contributed by atoms with van der Waals surface area (Å²) in [5.74, 6) is 1.07. The fourth-order valence-corrected chi connectivity index (χ4v) is 2.75. The van der Waals surface area contributed by atoms with Gasteiger partial charge in [-0.05, 0) is 24.8 Å². The van der Waals surface area contributed by atoms with E-state index in [1.807, 2.05) is 6.20 Å². The van der Waals surface area contributed by atoms with Gasteiger partial charge in [0.25, 0.3) is 5.56 Å². The molecule has 0 unspecified atom stereocenters. The summed E-state index contributed by atoms with van der Waals surface area (Å²) in [6.45, 7) is 0.792. The van der Waals surface area contributed by atoms with Crippen LogP contribution in [0.5, 0.6) is 0 Å². The van der Waals surface area contributed by atoms with Crippen molar-refractivity contribution in [3.63, 3.8) is 0 Å². The fourth-order valence-electron chi connectivity index (χ4n) is 2.75. The second-order valence-electron chi connectivity index (χ2n) is 5.16. The topological polar surface area (TPSA) is 60.9 Å². The lowest BCUT2D eigenvalue weighted by atomic mass is 9.89. The lowest BCUT2D eigenvalue weighted by molar-refractivity contribution is 0.316. The molecule has 1 aliphatic carbocycles. The highest BCUT2D eigenvalue weighted by Gasteiger charge is 2.15. The maximum Gasteiger partial charge on any atom is 0.250 e. The number of rotatable bonds is 3. The molecule has 0 N–H and O–H groups in total. The SMILES string of the molecule is O=c1ccc(-c2nnco2)cn1CC1CCCCC1. The van der Waals surface area contributed by atoms with Crippen LogP contribution in [0.1, 0.15) is 32.1 Å². The summed E-state index contributed by atoms with van der Waals surface area (Å²) in [7, 11) is 0. The normalized spacial score (nSPS) is 16.6. The van der Waals surface area contributed by atoms with E-state index in [-0.39, 0.29) is 5.56 Å². The Hall–Kier alpha value is -1.91. The van der Waals surface area contributed by atoms with Crippen LogP contribution in [0.4, 0.5) is 0 Å². The quantitative estimate of drug-likeness (QED) is 0.849. The second-order valence-corrected chi connectivity index (χ2v) is 5.16. The van der Waals surface area contributed by atoms with Crippen LogP contribution in [-0.4, -0.2) is 14.8 Å². The van der Waals surface area contributed by atoms with Gasteiger partial charge in [-0.2, -0.15) is 0 Å². The third-order valence-electron chi connectivity index (χ3n) is 3.77. The van der Waals surface area contributed by atoms with E-state index in [2.05, 4.69) is 10.2 Å². The molecule has 1 saturated carbocycles. The summed E-state index contributed by atoms with van der Waals surface area (Å²) in [5.41, 5.74) is 0.835. The van der Waals surface area contributed by atoms with Gasteiger partial charge in [0, 0.05) is 18.8 Å². The predicted molar refractivity (Wildman–Crippen MR) is 70.6 cm³/mol. The Bertz CT molecular complexity index is 583. The third-order valence-corrected chi connectivity index (χ3v) is 3.77. The zero-order valence-electron chi connectivity index (χ0n) is 10.8. The highest BCUT2D eigenvalue weighted by atomic mass is 16.4. The van der Waals surface area contributed by atoms with E-state index in [1.54, 1.807) is 16.7 Å². The van der Waals surface area contributed by atoms with E-state index in [4.69, 9.17) is 4.42 Å². The molecule has 1 aliphatic rings. The van der Waals surface area contributed by atoms with E-state index < -0.39 is 0 Å². The van der Waals surface area contributed by atoms with E-state index in [9.17, 15) is 4.79 Å². The molecule has 0 spiro atoms. The lowest BCUT2D eigenvalue weighted by Crippen LogP contribution is -2.24. The number of nitrogens with zero attached hydrogens (tertiary/aromatic N) is 3. The molecule has 0 saturated heterocycles. The fraction of sp³-hybridized carbons (Fsp3) is 0.500. The van der Waals surface area contributed by atoms with E-state index in [0.29, 0.717) is 11.8 Å². The van der Waals surface area contributed by atoms with Gasteiger partial charge < -0.3 is 8.98 Å². The third kappa shape index (κ3) is 2.75. The zero-order chi connectivity index (χ0) is 13.1. The summed E-state index contributed by atoms with van der Waals surface area (Å²) in [4.78, 5) is 11.9. The Morgan fingerprint density at radius 2 is 2.11 bits per heavy atom. The summed E-state index contributed by atoms with van der Waals surface area (Å²) in [5, 5.41) is 7.53. The molecule has 100 valence electrons. The van der Waals surface area contributed by atoms with Gasteiger partial charge in [0.2, 0.25) is 12.3 Å². The van der Waals surface area contributed by atoms with E-state index in [0.717, 1.165) is 12.1 Å². The Morgan fingerprint density at radius 3 is 2.84 bits per heavy atom. The van der Waals surface area contributed by atoms with Crippen molar-refractivity contribution in [2.45, 2.75) is 38.6 Å². The van der Waals surface area contributed by atoms with Crippen molar-refractivity contribution in [1.29, 1.82) is 0 Å². The van der Waals surface area contributed by atoms with E-state index in [1.165, 1.54) is 38.5 Å². The number of hydrogen-bond donors (Lipinski definition) is 0. The Balaban J connectivity index is 1.84. The molecule has 2 aromatic rings. The van der Waals surface area contributed by atoms with Gasteiger partial charge in [0.1, 0.15) is 0 Å². The molecule has 5 heteroatoms. The van der Waals surface area contributed by atoms with Gasteiger partial charge in [-0.25, -0.2) is 0 Å². The minimum absolute atomic E-state index is 0.0360. The van der Waals surface area contributed by atoms with Crippen molar-refractivity contribution in [2.24, 2.45) is 5.92 Å². The molecular formula is C14H17N3O2. The summed E-state index contributed by atoms with van der Waals surface area (Å²) < 4.78 is 6.94. The van der Waals surface area contributed by atoms with Crippen molar-refractivity contribution in [3.8, 4) is 11.5 Å². The van der Waals surface area contributed by atoms with Gasteiger partial charge in [0.05, 0.1) is 5.56 Å². The zero-order valence-corrected chi connectivity index (χ0v) is 10.8. The Labute approximate surface area is 111 Å². The number of pyridine rings is 1. The molecule has 2 aromatic heterocycles. The molecule has 0 amide bonds. The molecular weight excluding hydrogens is 242 g/mol. The molecule has 0 atom stereocenters. The van der Waals surface area contributed by atoms with Gasteiger partial charge in [0.15, 0.2) is 0 Å². The minimum atomic E-state index is 0.0360. The molecule has 5 nitrogen and oxygen atoms in total. The van der Waals surface area contributed by atoms with Gasteiger partial charge in [-0.15, -0.1) is 10.2 Å². The first kappa shape index (κ1) is 12.1. The highest BCUT2D eigenvalue weighted by Crippen LogP contribution is 2.25. The highest BCUT2D eigenvalue weighted by molar-refractivity contribution is 5.49. The van der Waals surface area contributed by atoms with Crippen molar-refractivity contribution < 1.29 is 4.42 Å². The van der Waals surface area contributed by atoms with Crippen LogP contribution < -0.4 is 5.56 Å². The lowest BCUT2D eigenvalue weighted by Gasteiger charge is -2.22. The van der Waals surface area contributed by atoms with Crippen LogP contribution in [0.2, 0.25) is 0 Å². The first-order valence-electron chi connectivity index (χ1n) is 6.80. The summed E-state index contributed by atoms with van der Waals surface area (Å²) in [6, 6.07) is 3.30. The maximum absolute atomic E-state index is 11.9. The van der Waals surface area contributed by atoms with Crippen molar-refractivity contribution in [2.75, 3.05) is 0 Å². The van der Waals surface area contributed by atoms with Crippen LogP contribution in [0.15, 0.2) is 33.9 Å². The van der Waals surface area contributed by atoms with Gasteiger partial charge in [-0.3, -0.25) is 4.79 Å². The van der Waals surface area contributed by atoms with Gasteiger partial charge in [-0.1, -0.05) is 19.3 Å². The smallest absolute Gasteiger partial charge is 0.250 e. The van der Waals surface area contributed by atoms with Crippen molar-refractivity contribution >= 4 is 0 Å². The van der Waals surface area contributed by atoms with Crippen molar-refractivity contribution in [1.82, 2.24) is 14.8 Å². The van der Waals surface area contributed by atoms with Gasteiger partial charge >= 0.3 is 0 Å². The first-order valence-corrected chi connectivity index (χ1v) is 6.80. The number of hydrogen-bond acceptors (Lipinski definition) is 4. The Morgan fingerprint density at radius 1 is 1.26 bits per heavy atom. The van der Waals surface area contributed by atoms with Crippen LogP contribution in [0, 0.1) is 5.92 Å². The van der Waals surface area contributed by atoms with Crippen LogP contribution in [0.3, 0.4) is 0 Å². The molecule has 0 aliphatic heterocycles. The largest absolute Gasteiger partial charge is 0.423 e. The molecule has 3 rings (SSSR count). The molecule has 1 fully saturated rings. The van der Waals surface area contributed by atoms with Crippen LogP contribution >= 0.6 is 0 Å². The molecule has 0 bridgehead atoms. The van der Waals surface area contributed by atoms with Crippen molar-refractivity contribution in [3.05, 3.63) is 35.1 Å².